The minimum absolute atomic E-state index is 0.129. The Balaban J connectivity index is 2.20. The molecule has 9 nitrogen and oxygen atoms in total. The summed E-state index contributed by atoms with van der Waals surface area (Å²) in [6.45, 7) is 5.12. The molecule has 2 atom stereocenters. The summed E-state index contributed by atoms with van der Waals surface area (Å²) in [5.74, 6) is -2.45. The van der Waals surface area contributed by atoms with E-state index in [9.17, 15) is 29.0 Å². The predicted molar refractivity (Wildman–Crippen MR) is 158 cm³/mol. The number of rotatable bonds is 14. The zero-order chi connectivity index (χ0) is 31.0. The minimum atomic E-state index is -1.21. The number of nitrogens with two attached hydrogens (primary N) is 1. The monoisotopic (exact) mass is 579 g/mol. The van der Waals surface area contributed by atoms with E-state index < -0.39 is 36.3 Å². The molecule has 0 unspecified atom stereocenters. The van der Waals surface area contributed by atoms with Gasteiger partial charge in [-0.3, -0.25) is 14.4 Å². The number of carboxylic acid groups (broad SMARTS) is 1. The van der Waals surface area contributed by atoms with Gasteiger partial charge >= 0.3 is 5.97 Å². The quantitative estimate of drug-likeness (QED) is 0.179. The van der Waals surface area contributed by atoms with Gasteiger partial charge in [0, 0.05) is 34.6 Å². The molecule has 0 fully saturated rings. The number of aliphatic hydroxyl groups excluding tert-OH is 2. The standard InChI is InChI=1S/C32H38FN3O6/c1-19(2)36-27(14-13-24(37)16-25(38)17-28(40)41)29(22-9-11-23(33)12-10-22)30(21-7-5-4-6-8-21)31(36)32(42)35-18-26(39)15-20(3)34/h4-12,15,19,24-25,37-38H,13-14,16-18,34H2,1-3H3,(H,35,42)(H,40,41)/b20-15-/t24-,25-/m1/s1. The highest BCUT2D eigenvalue weighted by molar-refractivity contribution is 6.06. The minimum Gasteiger partial charge on any atom is -0.481 e. The van der Waals surface area contributed by atoms with Crippen LogP contribution in [0.4, 0.5) is 4.39 Å². The molecule has 0 aliphatic rings. The van der Waals surface area contributed by atoms with Gasteiger partial charge in [-0.25, -0.2) is 4.39 Å². The predicted octanol–water partition coefficient (Wildman–Crippen LogP) is 4.22. The van der Waals surface area contributed by atoms with E-state index in [0.717, 1.165) is 5.56 Å². The Morgan fingerprint density at radius 1 is 0.976 bits per heavy atom. The van der Waals surface area contributed by atoms with E-state index in [4.69, 9.17) is 10.8 Å². The van der Waals surface area contributed by atoms with Gasteiger partial charge in [-0.15, -0.1) is 0 Å². The lowest BCUT2D eigenvalue weighted by atomic mass is 9.92. The fourth-order valence-electron chi connectivity index (χ4n) is 5.07. The van der Waals surface area contributed by atoms with Gasteiger partial charge in [0.05, 0.1) is 25.2 Å². The summed E-state index contributed by atoms with van der Waals surface area (Å²) in [5, 5.41) is 32.4. The zero-order valence-corrected chi connectivity index (χ0v) is 24.0. The number of ketones is 1. The van der Waals surface area contributed by atoms with E-state index >= 15 is 0 Å². The maximum atomic E-state index is 14.0. The number of aliphatic carboxylic acids is 1. The molecular formula is C32H38FN3O6. The first-order valence-electron chi connectivity index (χ1n) is 13.8. The Kier molecular flexibility index (Phi) is 11.2. The highest BCUT2D eigenvalue weighted by Gasteiger charge is 2.30. The molecule has 0 aliphatic carbocycles. The van der Waals surface area contributed by atoms with Crippen molar-refractivity contribution >= 4 is 17.7 Å². The first kappa shape index (κ1) is 32.2. The van der Waals surface area contributed by atoms with Crippen LogP contribution in [0.15, 0.2) is 66.4 Å². The van der Waals surface area contributed by atoms with E-state index in [-0.39, 0.29) is 37.6 Å². The second kappa shape index (κ2) is 14.6. The number of carbonyl (C=O) groups is 3. The molecule has 3 aromatic rings. The molecule has 10 heteroatoms. The lowest BCUT2D eigenvalue weighted by molar-refractivity contribution is -0.139. The van der Waals surface area contributed by atoms with Crippen molar-refractivity contribution in [3.63, 3.8) is 0 Å². The molecule has 0 saturated carbocycles. The number of aliphatic hydroxyl groups is 2. The first-order chi connectivity index (χ1) is 19.9. The summed E-state index contributed by atoms with van der Waals surface area (Å²) >= 11 is 0. The Hall–Kier alpha value is -4.28. The van der Waals surface area contributed by atoms with Gasteiger partial charge in [0.15, 0.2) is 5.78 Å². The number of hydrogen-bond acceptors (Lipinski definition) is 6. The third-order valence-corrected chi connectivity index (χ3v) is 6.71. The number of amides is 1. The van der Waals surface area contributed by atoms with Crippen LogP contribution in [0, 0.1) is 5.82 Å². The summed E-state index contributed by atoms with van der Waals surface area (Å²) < 4.78 is 15.8. The molecule has 6 N–H and O–H groups in total. The molecule has 1 heterocycles. The third kappa shape index (κ3) is 8.37. The highest BCUT2D eigenvalue weighted by atomic mass is 19.1. The molecule has 1 aromatic heterocycles. The van der Waals surface area contributed by atoms with E-state index in [1.807, 2.05) is 48.7 Å². The fourth-order valence-corrected chi connectivity index (χ4v) is 5.07. The van der Waals surface area contributed by atoms with Crippen LogP contribution >= 0.6 is 0 Å². The van der Waals surface area contributed by atoms with Crippen molar-refractivity contribution in [2.45, 2.75) is 64.7 Å². The van der Waals surface area contributed by atoms with Crippen LogP contribution in [0.2, 0.25) is 0 Å². The molecule has 1 amide bonds. The van der Waals surface area contributed by atoms with Gasteiger partial charge in [0.25, 0.3) is 5.91 Å². The van der Waals surface area contributed by atoms with E-state index in [1.165, 1.54) is 18.2 Å². The Labute approximate surface area is 244 Å². The van der Waals surface area contributed by atoms with Crippen LogP contribution < -0.4 is 11.1 Å². The molecule has 0 saturated heterocycles. The van der Waals surface area contributed by atoms with Crippen LogP contribution in [0.5, 0.6) is 0 Å². The number of halogens is 1. The van der Waals surface area contributed by atoms with Crippen molar-refractivity contribution in [2.24, 2.45) is 5.73 Å². The first-order valence-corrected chi connectivity index (χ1v) is 13.8. The molecular weight excluding hydrogens is 541 g/mol. The number of carboxylic acids is 1. The van der Waals surface area contributed by atoms with Crippen molar-refractivity contribution in [1.29, 1.82) is 0 Å². The number of allylic oxidation sites excluding steroid dienone is 1. The smallest absolute Gasteiger partial charge is 0.305 e. The molecule has 2 aromatic carbocycles. The molecule has 42 heavy (non-hydrogen) atoms. The van der Waals surface area contributed by atoms with Crippen LogP contribution in [-0.4, -0.2) is 56.3 Å². The van der Waals surface area contributed by atoms with Crippen molar-refractivity contribution in [2.75, 3.05) is 6.54 Å². The lowest BCUT2D eigenvalue weighted by Crippen LogP contribution is -2.31. The van der Waals surface area contributed by atoms with Crippen molar-refractivity contribution in [1.82, 2.24) is 9.88 Å². The van der Waals surface area contributed by atoms with Gasteiger partial charge in [-0.1, -0.05) is 42.5 Å². The van der Waals surface area contributed by atoms with Gasteiger partial charge in [0.1, 0.15) is 11.5 Å². The Morgan fingerprint density at radius 3 is 2.17 bits per heavy atom. The number of benzene rings is 2. The topological polar surface area (TPSA) is 155 Å². The zero-order valence-electron chi connectivity index (χ0n) is 24.0. The Bertz CT molecular complexity index is 1430. The second-order valence-corrected chi connectivity index (χ2v) is 10.6. The maximum absolute atomic E-state index is 14.0. The van der Waals surface area contributed by atoms with Gasteiger partial charge < -0.3 is 30.9 Å². The SMILES string of the molecule is C/C(N)=C/C(=O)CNC(=O)c1c(-c2ccccc2)c(-c2ccc(F)cc2)c(CC[C@@H](O)C[C@@H](O)CC(=O)O)n1C(C)C. The van der Waals surface area contributed by atoms with Crippen LogP contribution in [0.25, 0.3) is 22.3 Å². The Morgan fingerprint density at radius 2 is 1.60 bits per heavy atom. The number of hydrogen-bond donors (Lipinski definition) is 5. The molecule has 0 radical (unpaired) electrons. The molecule has 0 aliphatic heterocycles. The van der Waals surface area contributed by atoms with Crippen LogP contribution in [-0.2, 0) is 16.0 Å². The van der Waals surface area contributed by atoms with E-state index in [2.05, 4.69) is 5.32 Å². The number of nitrogens with zero attached hydrogens (tertiary/aromatic N) is 1. The van der Waals surface area contributed by atoms with Crippen molar-refractivity contribution < 1.29 is 34.1 Å². The molecule has 0 spiro atoms. The van der Waals surface area contributed by atoms with Gasteiger partial charge in [-0.2, -0.15) is 0 Å². The fraction of sp³-hybridized carbons (Fsp3) is 0.344. The summed E-state index contributed by atoms with van der Waals surface area (Å²) in [4.78, 5) is 37.1. The van der Waals surface area contributed by atoms with Crippen LogP contribution in [0.3, 0.4) is 0 Å². The largest absolute Gasteiger partial charge is 0.481 e. The van der Waals surface area contributed by atoms with Crippen molar-refractivity contribution in [3.05, 3.63) is 83.6 Å². The van der Waals surface area contributed by atoms with E-state index in [1.54, 1.807) is 19.1 Å². The average molecular weight is 580 g/mol. The normalized spacial score (nSPS) is 13.2. The number of aromatic nitrogens is 1. The van der Waals surface area contributed by atoms with Gasteiger partial charge in [0.2, 0.25) is 0 Å². The molecule has 224 valence electrons. The van der Waals surface area contributed by atoms with Crippen molar-refractivity contribution in [3.8, 4) is 22.3 Å². The average Bonchev–Trinajstić information content (AvgIpc) is 3.26. The molecule has 3 rings (SSSR count). The molecule has 0 bridgehead atoms. The summed E-state index contributed by atoms with van der Waals surface area (Å²) in [7, 11) is 0. The van der Waals surface area contributed by atoms with Crippen LogP contribution in [0.1, 0.15) is 62.3 Å². The summed E-state index contributed by atoms with van der Waals surface area (Å²) in [6.07, 6.45) is -1.18. The highest BCUT2D eigenvalue weighted by Crippen LogP contribution is 2.42. The summed E-state index contributed by atoms with van der Waals surface area (Å²) in [6, 6.07) is 14.9. The van der Waals surface area contributed by atoms with Gasteiger partial charge in [-0.05, 0) is 63.3 Å². The summed E-state index contributed by atoms with van der Waals surface area (Å²) in [5.41, 5.74) is 9.55. The lowest BCUT2D eigenvalue weighted by Gasteiger charge is -2.20. The van der Waals surface area contributed by atoms with E-state index in [0.29, 0.717) is 33.8 Å². The second-order valence-electron chi connectivity index (χ2n) is 10.6. The maximum Gasteiger partial charge on any atom is 0.305 e. The third-order valence-electron chi connectivity index (χ3n) is 6.71. The number of nitrogens with one attached hydrogen (secondary N) is 1. The number of carbonyl (C=O) groups excluding carboxylic acids is 2.